The standard InChI is InChI=1S/C3H5NO2S/c5-3(6)1-2-4-7-3/h1-2,4-6H. The largest absolute Gasteiger partial charge is 0.353 e. The minimum absolute atomic E-state index is 0.850. The first-order valence-corrected chi connectivity index (χ1v) is 2.58. The normalized spacial score (nSPS) is 24.9. The van der Waals surface area contributed by atoms with Crippen LogP contribution in [0.15, 0.2) is 12.3 Å². The zero-order valence-electron chi connectivity index (χ0n) is 3.46. The first-order valence-electron chi connectivity index (χ1n) is 1.77. The molecule has 3 N–H and O–H groups in total. The summed E-state index contributed by atoms with van der Waals surface area (Å²) in [5.41, 5.74) is 0. The van der Waals surface area contributed by atoms with Gasteiger partial charge in [0.25, 0.3) is 5.12 Å². The van der Waals surface area contributed by atoms with Gasteiger partial charge in [-0.3, -0.25) is 0 Å². The molecule has 0 radical (unpaired) electrons. The number of rotatable bonds is 0. The highest BCUT2D eigenvalue weighted by Gasteiger charge is 2.23. The molecule has 0 saturated carbocycles. The molecular weight excluding hydrogens is 114 g/mol. The summed E-state index contributed by atoms with van der Waals surface area (Å²) in [7, 11) is 0. The summed E-state index contributed by atoms with van der Waals surface area (Å²) in [6.45, 7) is 0. The van der Waals surface area contributed by atoms with Crippen molar-refractivity contribution in [3.05, 3.63) is 12.3 Å². The van der Waals surface area contributed by atoms with Crippen molar-refractivity contribution in [3.63, 3.8) is 0 Å². The maximum Gasteiger partial charge on any atom is 0.254 e. The molecule has 3 nitrogen and oxygen atoms in total. The van der Waals surface area contributed by atoms with E-state index in [0.717, 1.165) is 11.9 Å². The minimum Gasteiger partial charge on any atom is -0.353 e. The van der Waals surface area contributed by atoms with E-state index in [4.69, 9.17) is 10.2 Å². The predicted molar refractivity (Wildman–Crippen MR) is 27.0 cm³/mol. The molecule has 4 heteroatoms. The van der Waals surface area contributed by atoms with Gasteiger partial charge in [0, 0.05) is 24.2 Å². The predicted octanol–water partition coefficient (Wildman–Crippen LogP) is -0.610. The fourth-order valence-corrected chi connectivity index (χ4v) is 0.743. The Balaban J connectivity index is 2.57. The van der Waals surface area contributed by atoms with E-state index in [1.54, 1.807) is 0 Å². The molecule has 0 aromatic carbocycles. The molecule has 0 spiro atoms. The summed E-state index contributed by atoms with van der Waals surface area (Å²) in [5, 5.41) is 15.4. The Morgan fingerprint density at radius 3 is 2.43 bits per heavy atom. The number of nitrogens with one attached hydrogen (secondary N) is 1. The Hall–Kier alpha value is -0.190. The molecule has 0 saturated heterocycles. The van der Waals surface area contributed by atoms with E-state index in [-0.39, 0.29) is 0 Å². The summed E-state index contributed by atoms with van der Waals surface area (Å²) < 4.78 is 2.55. The highest BCUT2D eigenvalue weighted by molar-refractivity contribution is 7.98. The molecule has 1 aliphatic heterocycles. The molecule has 0 atom stereocenters. The zero-order valence-corrected chi connectivity index (χ0v) is 4.27. The maximum absolute atomic E-state index is 8.56. The van der Waals surface area contributed by atoms with Crippen LogP contribution >= 0.6 is 11.9 Å². The summed E-state index contributed by atoms with van der Waals surface area (Å²) in [4.78, 5) is 0. The van der Waals surface area contributed by atoms with Crippen LogP contribution in [0.1, 0.15) is 0 Å². The van der Waals surface area contributed by atoms with Crippen molar-refractivity contribution in [1.29, 1.82) is 0 Å². The molecule has 1 rings (SSSR count). The molecule has 40 valence electrons. The average molecular weight is 119 g/mol. The second-order valence-corrected chi connectivity index (χ2v) is 2.25. The second kappa shape index (κ2) is 1.40. The van der Waals surface area contributed by atoms with Crippen LogP contribution in [0.25, 0.3) is 0 Å². The van der Waals surface area contributed by atoms with Crippen LogP contribution in [0.4, 0.5) is 0 Å². The van der Waals surface area contributed by atoms with Crippen molar-refractivity contribution in [1.82, 2.24) is 4.72 Å². The van der Waals surface area contributed by atoms with Gasteiger partial charge < -0.3 is 14.9 Å². The SMILES string of the molecule is OC1(O)C=CNS1. The Morgan fingerprint density at radius 1 is 1.57 bits per heavy atom. The van der Waals surface area contributed by atoms with Crippen molar-refractivity contribution in [2.75, 3.05) is 0 Å². The van der Waals surface area contributed by atoms with Gasteiger partial charge in [-0.05, 0) is 0 Å². The first kappa shape index (κ1) is 4.96. The summed E-state index contributed by atoms with van der Waals surface area (Å²) in [6.07, 6.45) is 2.74. The van der Waals surface area contributed by atoms with Crippen LogP contribution in [0.2, 0.25) is 0 Å². The molecule has 0 amide bonds. The van der Waals surface area contributed by atoms with Crippen molar-refractivity contribution in [2.45, 2.75) is 5.12 Å². The van der Waals surface area contributed by atoms with Gasteiger partial charge in [-0.2, -0.15) is 0 Å². The highest BCUT2D eigenvalue weighted by atomic mass is 32.2. The van der Waals surface area contributed by atoms with Crippen molar-refractivity contribution in [3.8, 4) is 0 Å². The average Bonchev–Trinajstić information content (AvgIpc) is 1.84. The second-order valence-electron chi connectivity index (χ2n) is 1.21. The van der Waals surface area contributed by atoms with E-state index in [2.05, 4.69) is 4.72 Å². The minimum atomic E-state index is -1.68. The molecular formula is C3H5NO2S. The van der Waals surface area contributed by atoms with E-state index in [1.165, 1.54) is 12.3 Å². The van der Waals surface area contributed by atoms with E-state index >= 15 is 0 Å². The molecule has 0 aliphatic carbocycles. The molecule has 0 bridgehead atoms. The molecule has 0 fully saturated rings. The summed E-state index contributed by atoms with van der Waals surface area (Å²) in [6, 6.07) is 0. The molecule has 7 heavy (non-hydrogen) atoms. The Bertz CT molecular complexity index is 101. The lowest BCUT2D eigenvalue weighted by Crippen LogP contribution is -2.17. The number of hydrogen-bond acceptors (Lipinski definition) is 4. The molecule has 1 heterocycles. The molecule has 0 aromatic rings. The van der Waals surface area contributed by atoms with E-state index < -0.39 is 5.12 Å². The lowest BCUT2D eigenvalue weighted by Gasteiger charge is -2.06. The van der Waals surface area contributed by atoms with Crippen LogP contribution < -0.4 is 4.72 Å². The van der Waals surface area contributed by atoms with Gasteiger partial charge in [0.15, 0.2) is 0 Å². The lowest BCUT2D eigenvalue weighted by molar-refractivity contribution is -0.0313. The van der Waals surface area contributed by atoms with Crippen molar-refractivity contribution in [2.24, 2.45) is 0 Å². The fourth-order valence-electron chi connectivity index (χ4n) is 0.297. The molecule has 0 aromatic heterocycles. The van der Waals surface area contributed by atoms with Crippen LogP contribution in [0.3, 0.4) is 0 Å². The maximum atomic E-state index is 8.56. The first-order chi connectivity index (χ1) is 3.21. The van der Waals surface area contributed by atoms with Crippen LogP contribution in [-0.2, 0) is 0 Å². The van der Waals surface area contributed by atoms with E-state index in [9.17, 15) is 0 Å². The summed E-state index contributed by atoms with van der Waals surface area (Å²) >= 11 is 0.850. The molecule has 0 unspecified atom stereocenters. The highest BCUT2D eigenvalue weighted by Crippen LogP contribution is 2.21. The van der Waals surface area contributed by atoms with E-state index in [1.807, 2.05) is 0 Å². The van der Waals surface area contributed by atoms with Gasteiger partial charge in [-0.15, -0.1) is 0 Å². The third-order valence-electron chi connectivity index (χ3n) is 0.578. The van der Waals surface area contributed by atoms with Gasteiger partial charge in [0.05, 0.1) is 0 Å². The Labute approximate surface area is 45.2 Å². The number of hydrogen-bond donors (Lipinski definition) is 3. The van der Waals surface area contributed by atoms with Crippen LogP contribution in [0, 0.1) is 0 Å². The van der Waals surface area contributed by atoms with Crippen molar-refractivity contribution < 1.29 is 10.2 Å². The Kier molecular flexibility index (Phi) is 0.989. The van der Waals surface area contributed by atoms with Gasteiger partial charge >= 0.3 is 0 Å². The number of aliphatic hydroxyl groups is 2. The fraction of sp³-hybridized carbons (Fsp3) is 0.333. The lowest BCUT2D eigenvalue weighted by atomic mass is 10.6. The van der Waals surface area contributed by atoms with Crippen LogP contribution in [-0.4, -0.2) is 15.3 Å². The van der Waals surface area contributed by atoms with E-state index in [0.29, 0.717) is 0 Å². The quantitative estimate of drug-likeness (QED) is 0.294. The smallest absolute Gasteiger partial charge is 0.254 e. The summed E-state index contributed by atoms with van der Waals surface area (Å²) in [5.74, 6) is 0. The van der Waals surface area contributed by atoms with Gasteiger partial charge in [-0.1, -0.05) is 0 Å². The van der Waals surface area contributed by atoms with Gasteiger partial charge in [-0.25, -0.2) is 0 Å². The van der Waals surface area contributed by atoms with Gasteiger partial charge in [0.2, 0.25) is 0 Å². The topological polar surface area (TPSA) is 52.5 Å². The third kappa shape index (κ3) is 1.09. The van der Waals surface area contributed by atoms with Crippen LogP contribution in [0.5, 0.6) is 0 Å². The Morgan fingerprint density at radius 2 is 2.29 bits per heavy atom. The monoisotopic (exact) mass is 119 g/mol. The van der Waals surface area contributed by atoms with Crippen molar-refractivity contribution >= 4 is 11.9 Å². The zero-order chi connectivity index (χ0) is 5.33. The third-order valence-corrected chi connectivity index (χ3v) is 1.27. The molecule has 1 aliphatic rings. The van der Waals surface area contributed by atoms with Gasteiger partial charge in [0.1, 0.15) is 0 Å².